The van der Waals surface area contributed by atoms with E-state index in [9.17, 15) is 0 Å². The number of methoxy groups -OCH3 is 1. The first-order valence-electron chi connectivity index (χ1n) is 4.54. The molecule has 3 N–H and O–H groups in total. The number of nitrogens with zero attached hydrogens (tertiary/aromatic N) is 2. The van der Waals surface area contributed by atoms with Crippen LogP contribution in [0, 0.1) is 5.41 Å². The molecule has 14 heavy (non-hydrogen) atoms. The second kappa shape index (κ2) is 6.86. The molecule has 1 aliphatic rings. The van der Waals surface area contributed by atoms with E-state index in [0.29, 0.717) is 0 Å². The maximum atomic E-state index is 7.25. The fraction of sp³-hybridized carbons (Fsp3) is 0.875. The normalized spacial score (nSPS) is 17.6. The standard InChI is InChI=1S/C8H18N4O.ClH/c1-13-7-6-11-2-4-12(5-3-11)8(9)10;/h2-7H2,1H3,(H3,9,10);1H. The molecule has 0 spiro atoms. The summed E-state index contributed by atoms with van der Waals surface area (Å²) in [5.74, 6) is 0.186. The van der Waals surface area contributed by atoms with E-state index in [1.807, 2.05) is 4.90 Å². The van der Waals surface area contributed by atoms with Gasteiger partial charge in [0.15, 0.2) is 5.96 Å². The predicted octanol–water partition coefficient (Wildman–Crippen LogP) is -0.434. The van der Waals surface area contributed by atoms with Crippen molar-refractivity contribution >= 4 is 18.4 Å². The van der Waals surface area contributed by atoms with Crippen molar-refractivity contribution in [2.45, 2.75) is 0 Å². The number of rotatable bonds is 3. The van der Waals surface area contributed by atoms with Gasteiger partial charge >= 0.3 is 0 Å². The Kier molecular flexibility index (Phi) is 6.61. The Morgan fingerprint density at radius 1 is 1.36 bits per heavy atom. The van der Waals surface area contributed by atoms with Crippen LogP contribution in [0.5, 0.6) is 0 Å². The zero-order chi connectivity index (χ0) is 9.68. The molecule has 1 heterocycles. The van der Waals surface area contributed by atoms with Crippen LogP contribution in [-0.2, 0) is 4.74 Å². The number of nitrogens with two attached hydrogens (primary N) is 1. The van der Waals surface area contributed by atoms with Gasteiger partial charge in [0, 0.05) is 39.8 Å². The van der Waals surface area contributed by atoms with Gasteiger partial charge in [-0.25, -0.2) is 0 Å². The third-order valence-electron chi connectivity index (χ3n) is 2.32. The quantitative estimate of drug-likeness (QED) is 0.502. The molecule has 0 bridgehead atoms. The molecule has 0 saturated carbocycles. The summed E-state index contributed by atoms with van der Waals surface area (Å²) in [5.41, 5.74) is 5.38. The highest BCUT2D eigenvalue weighted by atomic mass is 35.5. The summed E-state index contributed by atoms with van der Waals surface area (Å²) in [7, 11) is 1.71. The lowest BCUT2D eigenvalue weighted by molar-refractivity contribution is 0.120. The number of ether oxygens (including phenoxy) is 1. The van der Waals surface area contributed by atoms with Gasteiger partial charge in [0.2, 0.25) is 0 Å². The topological polar surface area (TPSA) is 65.6 Å². The summed E-state index contributed by atoms with van der Waals surface area (Å²) in [5, 5.41) is 7.25. The Bertz CT molecular complexity index is 171. The second-order valence-corrected chi connectivity index (χ2v) is 3.21. The molecular formula is C8H19ClN4O. The van der Waals surface area contributed by atoms with Gasteiger partial charge in [0.05, 0.1) is 6.61 Å². The predicted molar refractivity (Wildman–Crippen MR) is 59.1 cm³/mol. The third kappa shape index (κ3) is 4.13. The Morgan fingerprint density at radius 3 is 2.36 bits per heavy atom. The third-order valence-corrected chi connectivity index (χ3v) is 2.32. The van der Waals surface area contributed by atoms with E-state index in [1.54, 1.807) is 7.11 Å². The zero-order valence-corrected chi connectivity index (χ0v) is 9.35. The number of guanidine groups is 1. The molecular weight excluding hydrogens is 204 g/mol. The Hall–Kier alpha value is -0.520. The molecule has 1 saturated heterocycles. The summed E-state index contributed by atoms with van der Waals surface area (Å²) in [6.45, 7) is 5.42. The molecule has 0 aromatic heterocycles. The molecule has 0 amide bonds. The first-order valence-corrected chi connectivity index (χ1v) is 4.54. The molecule has 0 aromatic rings. The summed E-state index contributed by atoms with van der Waals surface area (Å²) in [6, 6.07) is 0. The van der Waals surface area contributed by atoms with Crippen LogP contribution in [0.2, 0.25) is 0 Å². The Balaban J connectivity index is 0.00000169. The number of hydrogen-bond donors (Lipinski definition) is 2. The molecule has 6 heteroatoms. The highest BCUT2D eigenvalue weighted by molar-refractivity contribution is 5.85. The monoisotopic (exact) mass is 222 g/mol. The minimum absolute atomic E-state index is 0. The maximum Gasteiger partial charge on any atom is 0.188 e. The van der Waals surface area contributed by atoms with Crippen LogP contribution >= 0.6 is 12.4 Å². The number of piperazine rings is 1. The minimum Gasteiger partial charge on any atom is -0.383 e. The highest BCUT2D eigenvalue weighted by Crippen LogP contribution is 1.99. The van der Waals surface area contributed by atoms with E-state index in [4.69, 9.17) is 15.9 Å². The molecule has 1 rings (SSSR count). The smallest absolute Gasteiger partial charge is 0.188 e. The van der Waals surface area contributed by atoms with Crippen molar-refractivity contribution in [3.63, 3.8) is 0 Å². The van der Waals surface area contributed by atoms with Gasteiger partial charge in [-0.3, -0.25) is 10.3 Å². The zero-order valence-electron chi connectivity index (χ0n) is 8.53. The Labute approximate surface area is 91.1 Å². The fourth-order valence-corrected chi connectivity index (χ4v) is 1.43. The largest absolute Gasteiger partial charge is 0.383 e. The minimum atomic E-state index is 0. The van der Waals surface area contributed by atoms with E-state index >= 15 is 0 Å². The van der Waals surface area contributed by atoms with Gasteiger partial charge in [0.25, 0.3) is 0 Å². The lowest BCUT2D eigenvalue weighted by atomic mass is 10.3. The van der Waals surface area contributed by atoms with Crippen LogP contribution in [0.1, 0.15) is 0 Å². The summed E-state index contributed by atoms with van der Waals surface area (Å²) in [4.78, 5) is 4.21. The highest BCUT2D eigenvalue weighted by Gasteiger charge is 2.16. The van der Waals surface area contributed by atoms with E-state index in [-0.39, 0.29) is 18.4 Å². The molecule has 0 radical (unpaired) electrons. The van der Waals surface area contributed by atoms with Crippen molar-refractivity contribution in [2.24, 2.45) is 5.73 Å². The van der Waals surface area contributed by atoms with Crippen LogP contribution in [0.15, 0.2) is 0 Å². The van der Waals surface area contributed by atoms with Crippen molar-refractivity contribution in [3.05, 3.63) is 0 Å². The number of nitrogens with one attached hydrogen (secondary N) is 1. The van der Waals surface area contributed by atoms with Gasteiger partial charge in [-0.05, 0) is 0 Å². The van der Waals surface area contributed by atoms with Gasteiger partial charge < -0.3 is 15.4 Å². The van der Waals surface area contributed by atoms with E-state index in [0.717, 1.165) is 39.3 Å². The number of halogens is 1. The van der Waals surface area contributed by atoms with Crippen LogP contribution in [-0.4, -0.2) is 62.2 Å². The molecule has 84 valence electrons. The van der Waals surface area contributed by atoms with Crippen LogP contribution in [0.3, 0.4) is 0 Å². The Morgan fingerprint density at radius 2 is 1.93 bits per heavy atom. The van der Waals surface area contributed by atoms with Gasteiger partial charge in [-0.15, -0.1) is 12.4 Å². The maximum absolute atomic E-state index is 7.25. The van der Waals surface area contributed by atoms with Crippen molar-refractivity contribution < 1.29 is 4.74 Å². The van der Waals surface area contributed by atoms with Crippen molar-refractivity contribution in [1.82, 2.24) is 9.80 Å². The fourth-order valence-electron chi connectivity index (χ4n) is 1.43. The molecule has 1 fully saturated rings. The average molecular weight is 223 g/mol. The first kappa shape index (κ1) is 13.5. The molecule has 0 aliphatic carbocycles. The summed E-state index contributed by atoms with van der Waals surface area (Å²) < 4.78 is 5.00. The van der Waals surface area contributed by atoms with Crippen molar-refractivity contribution in [2.75, 3.05) is 46.4 Å². The molecule has 0 atom stereocenters. The summed E-state index contributed by atoms with van der Waals surface area (Å²) in [6.07, 6.45) is 0. The van der Waals surface area contributed by atoms with E-state index < -0.39 is 0 Å². The molecule has 0 unspecified atom stereocenters. The van der Waals surface area contributed by atoms with E-state index in [1.165, 1.54) is 0 Å². The SMILES string of the molecule is COCCN1CCN(C(=N)N)CC1.Cl. The van der Waals surface area contributed by atoms with Crippen molar-refractivity contribution in [3.8, 4) is 0 Å². The lowest BCUT2D eigenvalue weighted by Gasteiger charge is -2.34. The molecule has 1 aliphatic heterocycles. The summed E-state index contributed by atoms with van der Waals surface area (Å²) >= 11 is 0. The first-order chi connectivity index (χ1) is 6.24. The molecule has 0 aromatic carbocycles. The van der Waals surface area contributed by atoms with Crippen LogP contribution in [0.4, 0.5) is 0 Å². The second-order valence-electron chi connectivity index (χ2n) is 3.21. The van der Waals surface area contributed by atoms with Crippen molar-refractivity contribution in [1.29, 1.82) is 5.41 Å². The van der Waals surface area contributed by atoms with Gasteiger partial charge in [-0.1, -0.05) is 0 Å². The number of hydrogen-bond acceptors (Lipinski definition) is 3. The van der Waals surface area contributed by atoms with Crippen LogP contribution in [0.25, 0.3) is 0 Å². The lowest BCUT2D eigenvalue weighted by Crippen LogP contribution is -2.51. The van der Waals surface area contributed by atoms with E-state index in [2.05, 4.69) is 4.90 Å². The van der Waals surface area contributed by atoms with Crippen LogP contribution < -0.4 is 5.73 Å². The average Bonchev–Trinajstić information content (AvgIpc) is 2.15. The van der Waals surface area contributed by atoms with Gasteiger partial charge in [0.1, 0.15) is 0 Å². The van der Waals surface area contributed by atoms with Gasteiger partial charge in [-0.2, -0.15) is 0 Å². The molecule has 5 nitrogen and oxygen atoms in total.